The number of carbonyl (C=O) groups excluding carboxylic acids is 3. The summed E-state index contributed by atoms with van der Waals surface area (Å²) < 4.78 is 16.8. The summed E-state index contributed by atoms with van der Waals surface area (Å²) in [5.41, 5.74) is 0. The fourth-order valence-electron chi connectivity index (χ4n) is 8.12. The summed E-state index contributed by atoms with van der Waals surface area (Å²) in [6.07, 6.45) is 45.3. The molecule has 6 heteroatoms. The van der Waals surface area contributed by atoms with Crippen LogP contribution in [-0.4, -0.2) is 37.2 Å². The average molecular weight is 849 g/mol. The van der Waals surface area contributed by atoms with Crippen molar-refractivity contribution in [2.45, 2.75) is 298 Å². The summed E-state index contributed by atoms with van der Waals surface area (Å²) in [6, 6.07) is 0. The van der Waals surface area contributed by atoms with Crippen LogP contribution in [0, 0.1) is 17.8 Å². The Bertz CT molecular complexity index is 929. The second-order valence-corrected chi connectivity index (χ2v) is 19.9. The van der Waals surface area contributed by atoms with Gasteiger partial charge >= 0.3 is 17.9 Å². The van der Waals surface area contributed by atoms with E-state index in [0.717, 1.165) is 75.5 Å². The first-order chi connectivity index (χ1) is 29.1. The molecule has 0 radical (unpaired) electrons. The molecule has 0 spiro atoms. The van der Waals surface area contributed by atoms with Crippen molar-refractivity contribution < 1.29 is 28.6 Å². The molecular weight excluding hydrogens is 745 g/mol. The molecule has 0 amide bonds. The van der Waals surface area contributed by atoms with Crippen molar-refractivity contribution in [3.05, 3.63) is 0 Å². The maximum Gasteiger partial charge on any atom is 0.306 e. The Labute approximate surface area is 374 Å². The lowest BCUT2D eigenvalue weighted by Crippen LogP contribution is -2.30. The van der Waals surface area contributed by atoms with Crippen LogP contribution >= 0.6 is 0 Å². The molecule has 0 saturated heterocycles. The van der Waals surface area contributed by atoms with Gasteiger partial charge in [-0.25, -0.2) is 0 Å². The van der Waals surface area contributed by atoms with E-state index in [1.807, 2.05) is 0 Å². The zero-order chi connectivity index (χ0) is 44.2. The van der Waals surface area contributed by atoms with Gasteiger partial charge in [0.05, 0.1) is 0 Å². The minimum atomic E-state index is -0.763. The zero-order valence-corrected chi connectivity index (χ0v) is 41.3. The summed E-state index contributed by atoms with van der Waals surface area (Å²) >= 11 is 0. The van der Waals surface area contributed by atoms with Crippen molar-refractivity contribution >= 4 is 17.9 Å². The second kappa shape index (κ2) is 45.4. The molecule has 356 valence electrons. The Kier molecular flexibility index (Phi) is 44.2. The van der Waals surface area contributed by atoms with Gasteiger partial charge in [0, 0.05) is 19.3 Å². The predicted octanol–water partition coefficient (Wildman–Crippen LogP) is 17.2. The van der Waals surface area contributed by atoms with Crippen molar-refractivity contribution in [1.82, 2.24) is 0 Å². The Balaban J connectivity index is 4.23. The van der Waals surface area contributed by atoms with Gasteiger partial charge in [-0.05, 0) is 37.0 Å². The summed E-state index contributed by atoms with van der Waals surface area (Å²) in [6.45, 7) is 13.7. The van der Waals surface area contributed by atoms with E-state index in [9.17, 15) is 14.4 Å². The number of hydrogen-bond donors (Lipinski definition) is 0. The summed E-state index contributed by atoms with van der Waals surface area (Å²) in [5.74, 6) is 1.59. The van der Waals surface area contributed by atoms with Crippen molar-refractivity contribution in [2.75, 3.05) is 13.2 Å². The first kappa shape index (κ1) is 58.4. The largest absolute Gasteiger partial charge is 0.462 e. The molecule has 0 aliphatic heterocycles. The number of ether oxygens (including phenoxy) is 3. The molecule has 0 fully saturated rings. The van der Waals surface area contributed by atoms with Gasteiger partial charge in [0.2, 0.25) is 0 Å². The Morgan fingerprint density at radius 1 is 0.283 bits per heavy atom. The minimum absolute atomic E-state index is 0.0651. The van der Waals surface area contributed by atoms with Crippen molar-refractivity contribution in [1.29, 1.82) is 0 Å². The van der Waals surface area contributed by atoms with E-state index in [1.165, 1.54) is 173 Å². The Morgan fingerprint density at radius 3 is 0.717 bits per heavy atom. The van der Waals surface area contributed by atoms with Gasteiger partial charge in [0.25, 0.3) is 0 Å². The first-order valence-corrected chi connectivity index (χ1v) is 26.6. The van der Waals surface area contributed by atoms with E-state index in [-0.39, 0.29) is 31.1 Å². The SMILES string of the molecule is CC(C)CCCCCCCCCCCCCCCCCCC(=O)OC[C@H](COC(=O)CCCCCCCCCCCCC(C)C)OC(=O)CCCCCCCCCC(C)C. The molecule has 0 aliphatic carbocycles. The van der Waals surface area contributed by atoms with Gasteiger partial charge in [-0.1, -0.05) is 253 Å². The molecule has 1 atom stereocenters. The third kappa shape index (κ3) is 47.5. The van der Waals surface area contributed by atoms with E-state index >= 15 is 0 Å². The quantitative estimate of drug-likeness (QED) is 0.0345. The molecule has 0 saturated carbocycles. The van der Waals surface area contributed by atoms with E-state index in [4.69, 9.17) is 14.2 Å². The van der Waals surface area contributed by atoms with Gasteiger partial charge in [0.15, 0.2) is 6.10 Å². The molecule has 0 rings (SSSR count). The standard InChI is InChI=1S/C54H104O6/c1-48(2)40-34-28-22-17-13-11-9-7-8-10-12-14-19-25-31-37-43-52(55)58-46-51(60-54(57)45-39-33-27-21-24-30-36-42-50(5)6)47-59-53(56)44-38-32-26-20-16-15-18-23-29-35-41-49(3)4/h48-51H,7-47H2,1-6H3/t51-/m1/s1. The van der Waals surface area contributed by atoms with Gasteiger partial charge in [-0.15, -0.1) is 0 Å². The number of esters is 3. The smallest absolute Gasteiger partial charge is 0.306 e. The molecular formula is C54H104O6. The van der Waals surface area contributed by atoms with Crippen molar-refractivity contribution in [3.8, 4) is 0 Å². The lowest BCUT2D eigenvalue weighted by Gasteiger charge is -2.18. The van der Waals surface area contributed by atoms with Crippen LogP contribution in [0.5, 0.6) is 0 Å². The first-order valence-electron chi connectivity index (χ1n) is 26.6. The molecule has 60 heavy (non-hydrogen) atoms. The minimum Gasteiger partial charge on any atom is -0.462 e. The lowest BCUT2D eigenvalue weighted by molar-refractivity contribution is -0.167. The maximum absolute atomic E-state index is 12.7. The number of hydrogen-bond acceptors (Lipinski definition) is 6. The van der Waals surface area contributed by atoms with Crippen molar-refractivity contribution in [3.63, 3.8) is 0 Å². The number of rotatable bonds is 47. The Morgan fingerprint density at radius 2 is 0.483 bits per heavy atom. The molecule has 0 N–H and O–H groups in total. The second-order valence-electron chi connectivity index (χ2n) is 19.9. The third-order valence-electron chi connectivity index (χ3n) is 12.1. The average Bonchev–Trinajstić information content (AvgIpc) is 3.20. The zero-order valence-electron chi connectivity index (χ0n) is 41.3. The van der Waals surface area contributed by atoms with Gasteiger partial charge in [-0.2, -0.15) is 0 Å². The van der Waals surface area contributed by atoms with Crippen molar-refractivity contribution in [2.24, 2.45) is 17.8 Å². The molecule has 0 heterocycles. The molecule has 0 aromatic heterocycles. The predicted molar refractivity (Wildman–Crippen MR) is 256 cm³/mol. The molecule has 6 nitrogen and oxygen atoms in total. The van der Waals surface area contributed by atoms with Crippen LogP contribution in [0.3, 0.4) is 0 Å². The normalized spacial score (nSPS) is 12.2. The highest BCUT2D eigenvalue weighted by atomic mass is 16.6. The Hall–Kier alpha value is -1.59. The monoisotopic (exact) mass is 849 g/mol. The number of unbranched alkanes of at least 4 members (excludes halogenated alkanes) is 30. The molecule has 0 aliphatic rings. The van der Waals surface area contributed by atoms with Crippen LogP contribution in [0.1, 0.15) is 292 Å². The van der Waals surface area contributed by atoms with Crippen LogP contribution < -0.4 is 0 Å². The van der Waals surface area contributed by atoms with Crippen LogP contribution in [0.2, 0.25) is 0 Å². The highest BCUT2D eigenvalue weighted by Crippen LogP contribution is 2.18. The van der Waals surface area contributed by atoms with E-state index in [2.05, 4.69) is 41.5 Å². The van der Waals surface area contributed by atoms with Gasteiger partial charge < -0.3 is 14.2 Å². The maximum atomic E-state index is 12.7. The summed E-state index contributed by atoms with van der Waals surface area (Å²) in [4.78, 5) is 37.9. The summed E-state index contributed by atoms with van der Waals surface area (Å²) in [7, 11) is 0. The van der Waals surface area contributed by atoms with E-state index < -0.39 is 6.10 Å². The molecule has 0 aromatic rings. The highest BCUT2D eigenvalue weighted by molar-refractivity contribution is 5.71. The molecule has 0 unspecified atom stereocenters. The van der Waals surface area contributed by atoms with E-state index in [0.29, 0.717) is 19.3 Å². The highest BCUT2D eigenvalue weighted by Gasteiger charge is 2.19. The topological polar surface area (TPSA) is 78.9 Å². The van der Waals surface area contributed by atoms with Crippen LogP contribution in [0.25, 0.3) is 0 Å². The summed E-state index contributed by atoms with van der Waals surface area (Å²) in [5, 5.41) is 0. The molecule has 0 aromatic carbocycles. The van der Waals surface area contributed by atoms with Gasteiger partial charge in [0.1, 0.15) is 13.2 Å². The molecule has 0 bridgehead atoms. The van der Waals surface area contributed by atoms with E-state index in [1.54, 1.807) is 0 Å². The van der Waals surface area contributed by atoms with Crippen LogP contribution in [0.4, 0.5) is 0 Å². The third-order valence-corrected chi connectivity index (χ3v) is 12.1. The number of carbonyl (C=O) groups is 3. The lowest BCUT2D eigenvalue weighted by atomic mass is 10.0. The van der Waals surface area contributed by atoms with Gasteiger partial charge in [-0.3, -0.25) is 14.4 Å². The van der Waals surface area contributed by atoms with Crippen LogP contribution in [0.15, 0.2) is 0 Å². The van der Waals surface area contributed by atoms with Crippen LogP contribution in [-0.2, 0) is 28.6 Å². The fourth-order valence-corrected chi connectivity index (χ4v) is 8.12. The fraction of sp³-hybridized carbons (Fsp3) is 0.944.